The fraction of sp³-hybridized carbons (Fsp3) is 0. The van der Waals surface area contributed by atoms with Crippen molar-refractivity contribution in [3.63, 3.8) is 0 Å². The van der Waals surface area contributed by atoms with Gasteiger partial charge in [-0.25, -0.2) is 13.4 Å². The SMILES string of the molecule is O=C(Nc1ccc(S(=O)(=O)Cl)nc1)c1ccccc1. The predicted octanol–water partition coefficient (Wildman–Crippen LogP) is 2.26. The summed E-state index contributed by atoms with van der Waals surface area (Å²) in [5.41, 5.74) is 0.884. The Morgan fingerprint density at radius 1 is 1.11 bits per heavy atom. The minimum absolute atomic E-state index is 0.258. The summed E-state index contributed by atoms with van der Waals surface area (Å²) in [4.78, 5) is 15.5. The molecule has 0 spiro atoms. The van der Waals surface area contributed by atoms with Crippen LogP contribution in [0.2, 0.25) is 0 Å². The summed E-state index contributed by atoms with van der Waals surface area (Å²) in [5, 5.41) is 2.34. The molecule has 2 rings (SSSR count). The van der Waals surface area contributed by atoms with Crippen LogP contribution >= 0.6 is 10.7 Å². The highest BCUT2D eigenvalue weighted by atomic mass is 35.7. The number of hydrogen-bond donors (Lipinski definition) is 1. The number of halogens is 1. The lowest BCUT2D eigenvalue weighted by atomic mass is 10.2. The Morgan fingerprint density at radius 3 is 2.32 bits per heavy atom. The number of rotatable bonds is 3. The summed E-state index contributed by atoms with van der Waals surface area (Å²) < 4.78 is 22.0. The summed E-state index contributed by atoms with van der Waals surface area (Å²) in [7, 11) is 1.28. The molecule has 0 saturated carbocycles. The second-order valence-electron chi connectivity index (χ2n) is 3.64. The maximum absolute atomic E-state index is 11.8. The zero-order valence-corrected chi connectivity index (χ0v) is 11.1. The largest absolute Gasteiger partial charge is 0.321 e. The van der Waals surface area contributed by atoms with E-state index in [0.29, 0.717) is 11.3 Å². The average molecular weight is 297 g/mol. The topological polar surface area (TPSA) is 76.1 Å². The fourth-order valence-corrected chi connectivity index (χ4v) is 2.07. The molecule has 0 aliphatic heterocycles. The van der Waals surface area contributed by atoms with Crippen molar-refractivity contribution in [1.29, 1.82) is 0 Å². The first-order chi connectivity index (χ1) is 8.97. The van der Waals surface area contributed by atoms with Crippen molar-refractivity contribution in [1.82, 2.24) is 4.98 Å². The van der Waals surface area contributed by atoms with Crippen LogP contribution in [0.15, 0.2) is 53.7 Å². The molecule has 7 heteroatoms. The van der Waals surface area contributed by atoms with E-state index in [-0.39, 0.29) is 10.9 Å². The predicted molar refractivity (Wildman–Crippen MR) is 71.7 cm³/mol. The molecule has 0 radical (unpaired) electrons. The maximum atomic E-state index is 11.8. The van der Waals surface area contributed by atoms with Crippen LogP contribution in [0.5, 0.6) is 0 Å². The number of anilines is 1. The van der Waals surface area contributed by atoms with Crippen molar-refractivity contribution in [3.05, 3.63) is 54.2 Å². The molecule has 1 amide bonds. The number of nitrogens with one attached hydrogen (secondary N) is 1. The molecule has 0 aliphatic carbocycles. The van der Waals surface area contributed by atoms with E-state index in [1.54, 1.807) is 30.3 Å². The van der Waals surface area contributed by atoms with Gasteiger partial charge < -0.3 is 5.32 Å². The van der Waals surface area contributed by atoms with Gasteiger partial charge in [0.15, 0.2) is 5.03 Å². The van der Waals surface area contributed by atoms with Crippen LogP contribution in [0, 0.1) is 0 Å². The Hall–Kier alpha value is -1.92. The second kappa shape index (κ2) is 5.38. The maximum Gasteiger partial charge on any atom is 0.278 e. The van der Waals surface area contributed by atoms with Crippen molar-refractivity contribution >= 4 is 31.3 Å². The number of hydrogen-bond acceptors (Lipinski definition) is 4. The number of carbonyl (C=O) groups excluding carboxylic acids is 1. The molecule has 5 nitrogen and oxygen atoms in total. The number of nitrogens with zero attached hydrogens (tertiary/aromatic N) is 1. The van der Waals surface area contributed by atoms with E-state index in [9.17, 15) is 13.2 Å². The van der Waals surface area contributed by atoms with Gasteiger partial charge in [0, 0.05) is 16.2 Å². The number of aromatic nitrogens is 1. The van der Waals surface area contributed by atoms with Crippen LogP contribution in [0.3, 0.4) is 0 Å². The van der Waals surface area contributed by atoms with Gasteiger partial charge >= 0.3 is 0 Å². The fourth-order valence-electron chi connectivity index (χ4n) is 1.39. The molecule has 1 heterocycles. The minimum atomic E-state index is -3.85. The molecular weight excluding hydrogens is 288 g/mol. The smallest absolute Gasteiger partial charge is 0.278 e. The van der Waals surface area contributed by atoms with Gasteiger partial charge in [-0.3, -0.25) is 4.79 Å². The molecule has 1 aromatic heterocycles. The van der Waals surface area contributed by atoms with E-state index in [0.717, 1.165) is 0 Å². The Kier molecular flexibility index (Phi) is 3.82. The summed E-state index contributed by atoms with van der Waals surface area (Å²) in [6.07, 6.45) is 1.23. The molecule has 0 atom stereocenters. The molecule has 0 bridgehead atoms. The van der Waals surface area contributed by atoms with Crippen molar-refractivity contribution < 1.29 is 13.2 Å². The van der Waals surface area contributed by atoms with Gasteiger partial charge in [-0.1, -0.05) is 18.2 Å². The second-order valence-corrected chi connectivity index (χ2v) is 6.16. The first-order valence-corrected chi connectivity index (χ1v) is 7.55. The lowest BCUT2D eigenvalue weighted by molar-refractivity contribution is 0.102. The third-order valence-corrected chi connectivity index (χ3v) is 3.50. The normalized spacial score (nSPS) is 11.0. The van der Waals surface area contributed by atoms with Gasteiger partial charge in [-0.05, 0) is 24.3 Å². The zero-order valence-electron chi connectivity index (χ0n) is 9.58. The quantitative estimate of drug-likeness (QED) is 0.882. The van der Waals surface area contributed by atoms with Gasteiger partial charge in [0.05, 0.1) is 11.9 Å². The van der Waals surface area contributed by atoms with Crippen LogP contribution in [0.4, 0.5) is 5.69 Å². The van der Waals surface area contributed by atoms with E-state index in [1.165, 1.54) is 18.3 Å². The van der Waals surface area contributed by atoms with Gasteiger partial charge in [-0.15, -0.1) is 0 Å². The molecule has 19 heavy (non-hydrogen) atoms. The van der Waals surface area contributed by atoms with Crippen LogP contribution in [0.25, 0.3) is 0 Å². The Bertz CT molecular complexity index is 685. The molecule has 0 saturated heterocycles. The molecule has 0 fully saturated rings. The molecule has 1 aromatic carbocycles. The van der Waals surface area contributed by atoms with E-state index in [4.69, 9.17) is 10.7 Å². The monoisotopic (exact) mass is 296 g/mol. The number of carbonyl (C=O) groups is 1. The molecule has 2 aromatic rings. The summed E-state index contributed by atoms with van der Waals surface area (Å²) in [6.45, 7) is 0. The van der Waals surface area contributed by atoms with Gasteiger partial charge in [0.1, 0.15) is 0 Å². The Labute approximate surface area is 114 Å². The van der Waals surface area contributed by atoms with Crippen molar-refractivity contribution in [2.45, 2.75) is 5.03 Å². The Morgan fingerprint density at radius 2 is 1.79 bits per heavy atom. The van der Waals surface area contributed by atoms with E-state index >= 15 is 0 Å². The summed E-state index contributed by atoms with van der Waals surface area (Å²) in [5.74, 6) is -0.302. The highest BCUT2D eigenvalue weighted by Gasteiger charge is 2.12. The zero-order chi connectivity index (χ0) is 13.9. The van der Waals surface area contributed by atoms with Crippen molar-refractivity contribution in [3.8, 4) is 0 Å². The summed E-state index contributed by atoms with van der Waals surface area (Å²) in [6, 6.07) is 11.3. The number of benzene rings is 1. The lowest BCUT2D eigenvalue weighted by Crippen LogP contribution is -2.12. The molecule has 98 valence electrons. The summed E-state index contributed by atoms with van der Waals surface area (Å²) >= 11 is 0. The van der Waals surface area contributed by atoms with Crippen molar-refractivity contribution in [2.75, 3.05) is 5.32 Å². The van der Waals surface area contributed by atoms with Crippen LogP contribution in [0.1, 0.15) is 10.4 Å². The molecule has 1 N–H and O–H groups in total. The molecule has 0 unspecified atom stereocenters. The highest BCUT2D eigenvalue weighted by Crippen LogP contribution is 2.15. The van der Waals surface area contributed by atoms with E-state index < -0.39 is 9.05 Å². The van der Waals surface area contributed by atoms with Gasteiger partial charge in [0.25, 0.3) is 15.0 Å². The number of pyridine rings is 1. The van der Waals surface area contributed by atoms with Gasteiger partial charge in [0.2, 0.25) is 0 Å². The lowest BCUT2D eigenvalue weighted by Gasteiger charge is -2.04. The molecular formula is C12H9ClN2O3S. The average Bonchev–Trinajstić information content (AvgIpc) is 2.39. The van der Waals surface area contributed by atoms with E-state index in [1.807, 2.05) is 0 Å². The minimum Gasteiger partial charge on any atom is -0.321 e. The van der Waals surface area contributed by atoms with Crippen LogP contribution in [-0.4, -0.2) is 19.3 Å². The standard InChI is InChI=1S/C12H9ClN2O3S/c13-19(17,18)11-7-6-10(8-14-11)15-12(16)9-4-2-1-3-5-9/h1-8H,(H,15,16). The number of amides is 1. The molecule has 0 aliphatic rings. The third-order valence-electron chi connectivity index (χ3n) is 2.28. The van der Waals surface area contributed by atoms with Crippen LogP contribution in [-0.2, 0) is 9.05 Å². The van der Waals surface area contributed by atoms with Crippen LogP contribution < -0.4 is 5.32 Å². The Balaban J connectivity index is 2.15. The highest BCUT2D eigenvalue weighted by molar-refractivity contribution is 8.13. The first-order valence-electron chi connectivity index (χ1n) is 5.24. The van der Waals surface area contributed by atoms with Gasteiger partial charge in [-0.2, -0.15) is 0 Å². The van der Waals surface area contributed by atoms with E-state index in [2.05, 4.69) is 10.3 Å². The first kappa shape index (κ1) is 13.5. The van der Waals surface area contributed by atoms with Crippen molar-refractivity contribution in [2.24, 2.45) is 0 Å². The third kappa shape index (κ3) is 3.52.